The predicted octanol–water partition coefficient (Wildman–Crippen LogP) is 1.45. The van der Waals surface area contributed by atoms with Gasteiger partial charge in [-0.2, -0.15) is 4.98 Å². The summed E-state index contributed by atoms with van der Waals surface area (Å²) in [6.07, 6.45) is -3.34. The van der Waals surface area contributed by atoms with Crippen LogP contribution in [0.3, 0.4) is 0 Å². The Labute approximate surface area is 175 Å². The largest absolute Gasteiger partial charge is 0.490 e. The summed E-state index contributed by atoms with van der Waals surface area (Å²) >= 11 is 1.63. The van der Waals surface area contributed by atoms with Crippen LogP contribution in [0.5, 0.6) is 5.75 Å². The fraction of sp³-hybridized carbons (Fsp3) is 0.333. The summed E-state index contributed by atoms with van der Waals surface area (Å²) in [6.45, 7) is 1.93. The molecule has 160 valence electrons. The monoisotopic (exact) mass is 453 g/mol. The molecule has 0 saturated carbocycles. The third-order valence-electron chi connectivity index (χ3n) is 4.72. The first-order valence-corrected chi connectivity index (χ1v) is 11.1. The number of ether oxygens (including phenoxy) is 2. The molecule has 2 aromatic heterocycles. The Bertz CT molecular complexity index is 1150. The second-order valence-corrected chi connectivity index (χ2v) is 8.84. The quantitative estimate of drug-likeness (QED) is 0.472. The molecule has 0 amide bonds. The Balaban J connectivity index is 1.58. The zero-order chi connectivity index (χ0) is 21.4. The van der Waals surface area contributed by atoms with Crippen LogP contribution in [0.4, 0.5) is 5.82 Å². The molecule has 12 heteroatoms. The van der Waals surface area contributed by atoms with Gasteiger partial charge in [-0.15, -0.1) is 11.3 Å². The minimum absolute atomic E-state index is 0.0241. The molecule has 1 aliphatic heterocycles. The van der Waals surface area contributed by atoms with E-state index in [1.807, 2.05) is 25.1 Å². The fourth-order valence-corrected chi connectivity index (χ4v) is 4.89. The summed E-state index contributed by atoms with van der Waals surface area (Å²) in [6, 6.07) is 9.03. The van der Waals surface area contributed by atoms with Crippen LogP contribution in [-0.4, -0.2) is 44.5 Å². The highest BCUT2D eigenvalue weighted by atomic mass is 32.1. The Morgan fingerprint density at radius 2 is 2.20 bits per heavy atom. The first-order valence-electron chi connectivity index (χ1n) is 9.03. The average Bonchev–Trinajstić information content (AvgIpc) is 3.20. The van der Waals surface area contributed by atoms with Crippen LogP contribution in [0.15, 0.2) is 41.3 Å². The topological polar surface area (TPSA) is 146 Å². The number of thiophene rings is 1. The third-order valence-corrected chi connectivity index (χ3v) is 6.21. The number of aliphatic hydroxyl groups is 1. The van der Waals surface area contributed by atoms with Crippen molar-refractivity contribution in [3.05, 3.63) is 51.9 Å². The fourth-order valence-electron chi connectivity index (χ4n) is 3.42. The van der Waals surface area contributed by atoms with Crippen molar-refractivity contribution in [1.29, 1.82) is 0 Å². The van der Waals surface area contributed by atoms with E-state index in [2.05, 4.69) is 4.98 Å². The zero-order valence-corrected chi connectivity index (χ0v) is 17.6. The maximum absolute atomic E-state index is 12.1. The molecule has 0 aliphatic carbocycles. The SMILES string of the molecule is Cc1cc2c(OC[C@H]3O[C@@H](n4ccc(N)nc4=O)[C@H](O)[C@@H]3O[PH](=O)O)cccc2s1. The van der Waals surface area contributed by atoms with Crippen molar-refractivity contribution in [2.75, 3.05) is 12.3 Å². The molecule has 10 nitrogen and oxygen atoms in total. The number of anilines is 1. The van der Waals surface area contributed by atoms with Gasteiger partial charge < -0.3 is 29.7 Å². The molecule has 30 heavy (non-hydrogen) atoms. The average molecular weight is 453 g/mol. The van der Waals surface area contributed by atoms with Crippen LogP contribution in [-0.2, 0) is 13.8 Å². The lowest BCUT2D eigenvalue weighted by atomic mass is 10.1. The Morgan fingerprint density at radius 3 is 2.93 bits per heavy atom. The highest BCUT2D eigenvalue weighted by Gasteiger charge is 2.47. The van der Waals surface area contributed by atoms with Crippen molar-refractivity contribution < 1.29 is 28.6 Å². The molecule has 0 radical (unpaired) electrons. The first-order chi connectivity index (χ1) is 14.3. The Morgan fingerprint density at radius 1 is 1.40 bits per heavy atom. The summed E-state index contributed by atoms with van der Waals surface area (Å²) in [7, 11) is -3.38. The molecular formula is C18H20N3O7PS. The summed E-state index contributed by atoms with van der Waals surface area (Å²) < 4.78 is 30.1. The summed E-state index contributed by atoms with van der Waals surface area (Å²) in [5.41, 5.74) is 4.77. The zero-order valence-electron chi connectivity index (χ0n) is 15.8. The van der Waals surface area contributed by atoms with Crippen molar-refractivity contribution in [3.63, 3.8) is 0 Å². The van der Waals surface area contributed by atoms with E-state index in [0.717, 1.165) is 19.5 Å². The highest BCUT2D eigenvalue weighted by Crippen LogP contribution is 2.37. The van der Waals surface area contributed by atoms with Gasteiger partial charge in [-0.25, -0.2) is 4.79 Å². The van der Waals surface area contributed by atoms with Gasteiger partial charge in [0.25, 0.3) is 0 Å². The normalized spacial score (nSPS) is 24.9. The molecule has 0 spiro atoms. The van der Waals surface area contributed by atoms with Gasteiger partial charge in [0.2, 0.25) is 0 Å². The van der Waals surface area contributed by atoms with Gasteiger partial charge in [-0.05, 0) is 31.2 Å². The number of nitrogens with two attached hydrogens (primary N) is 1. The molecule has 4 N–H and O–H groups in total. The Hall–Kier alpha value is -2.27. The molecule has 4 rings (SSSR count). The van der Waals surface area contributed by atoms with Crippen molar-refractivity contribution in [1.82, 2.24) is 9.55 Å². The molecule has 1 aromatic carbocycles. The number of aromatic nitrogens is 2. The minimum atomic E-state index is -3.38. The van der Waals surface area contributed by atoms with E-state index in [9.17, 15) is 19.4 Å². The predicted molar refractivity (Wildman–Crippen MR) is 111 cm³/mol. The molecule has 0 bridgehead atoms. The van der Waals surface area contributed by atoms with Crippen molar-refractivity contribution in [3.8, 4) is 5.75 Å². The maximum atomic E-state index is 12.1. The van der Waals surface area contributed by atoms with E-state index in [1.54, 1.807) is 17.4 Å². The number of fused-ring (bicyclic) bond motifs is 1. The van der Waals surface area contributed by atoms with Crippen molar-refractivity contribution in [2.45, 2.75) is 31.5 Å². The van der Waals surface area contributed by atoms with E-state index >= 15 is 0 Å². The molecule has 1 aliphatic rings. The van der Waals surface area contributed by atoms with Gasteiger partial charge in [0.15, 0.2) is 6.23 Å². The van der Waals surface area contributed by atoms with Gasteiger partial charge in [-0.1, -0.05) is 6.07 Å². The van der Waals surface area contributed by atoms with Crippen LogP contribution in [0.1, 0.15) is 11.1 Å². The number of aryl methyl sites for hydroxylation is 1. The molecular weight excluding hydrogens is 433 g/mol. The standard InChI is InChI=1S/C18H20N3O7PS/c1-9-7-10-11(3-2-4-13(10)30-9)26-8-12-16(28-29(24)25)15(22)17(27-12)21-6-5-14(19)20-18(21)23/h2-7,12,15-17,22,29H,8H2,1H3,(H,24,25)(H2,19,20,23)/t12-,15-,16-,17-/m1/s1. The molecule has 1 saturated heterocycles. The number of rotatable bonds is 6. The summed E-state index contributed by atoms with van der Waals surface area (Å²) in [5.74, 6) is 0.635. The number of aliphatic hydroxyl groups excluding tert-OH is 1. The van der Waals surface area contributed by atoms with E-state index < -0.39 is 38.5 Å². The second kappa shape index (κ2) is 8.46. The van der Waals surface area contributed by atoms with Crippen molar-refractivity contribution >= 4 is 35.5 Å². The van der Waals surface area contributed by atoms with Crippen molar-refractivity contribution in [2.24, 2.45) is 0 Å². The molecule has 1 fully saturated rings. The Kier molecular flexibility index (Phi) is 5.92. The lowest BCUT2D eigenvalue weighted by Gasteiger charge is -2.19. The van der Waals surface area contributed by atoms with Crippen LogP contribution < -0.4 is 16.2 Å². The van der Waals surface area contributed by atoms with E-state index in [4.69, 9.17) is 19.7 Å². The third kappa shape index (κ3) is 4.13. The number of nitrogens with zero attached hydrogens (tertiary/aromatic N) is 2. The molecule has 3 aromatic rings. The van der Waals surface area contributed by atoms with E-state index in [0.29, 0.717) is 5.75 Å². The minimum Gasteiger partial charge on any atom is -0.490 e. The van der Waals surface area contributed by atoms with Gasteiger partial charge in [0.1, 0.15) is 36.5 Å². The maximum Gasteiger partial charge on any atom is 0.351 e. The van der Waals surface area contributed by atoms with Gasteiger partial charge in [0.05, 0.1) is 0 Å². The number of nitrogen functional groups attached to an aromatic ring is 1. The van der Waals surface area contributed by atoms with Gasteiger partial charge in [-0.3, -0.25) is 9.13 Å². The molecule has 5 atom stereocenters. The van der Waals surface area contributed by atoms with Crippen LogP contribution in [0, 0.1) is 6.92 Å². The van der Waals surface area contributed by atoms with Gasteiger partial charge in [0, 0.05) is 21.2 Å². The smallest absolute Gasteiger partial charge is 0.351 e. The van der Waals surface area contributed by atoms with Crippen LogP contribution in [0.25, 0.3) is 10.1 Å². The molecule has 3 heterocycles. The van der Waals surface area contributed by atoms with Gasteiger partial charge >= 0.3 is 13.9 Å². The first kappa shape index (κ1) is 21.0. The summed E-state index contributed by atoms with van der Waals surface area (Å²) in [4.78, 5) is 26.1. The molecule has 1 unspecified atom stereocenters. The van der Waals surface area contributed by atoms with Crippen LogP contribution >= 0.6 is 19.6 Å². The van der Waals surface area contributed by atoms with E-state index in [-0.39, 0.29) is 12.4 Å². The summed E-state index contributed by atoms with van der Waals surface area (Å²) in [5, 5.41) is 11.6. The number of hydrogen-bond donors (Lipinski definition) is 3. The van der Waals surface area contributed by atoms with E-state index in [1.165, 1.54) is 12.3 Å². The number of benzene rings is 1. The second-order valence-electron chi connectivity index (χ2n) is 6.78. The number of hydrogen-bond acceptors (Lipinski definition) is 9. The lowest BCUT2D eigenvalue weighted by Crippen LogP contribution is -2.37. The van der Waals surface area contributed by atoms with Crippen LogP contribution in [0.2, 0.25) is 0 Å². The lowest BCUT2D eigenvalue weighted by molar-refractivity contribution is -0.0509. The highest BCUT2D eigenvalue weighted by molar-refractivity contribution is 7.32.